The average molecular weight is 449 g/mol. The van der Waals surface area contributed by atoms with Crippen LogP contribution in [0.25, 0.3) is 21.0 Å². The van der Waals surface area contributed by atoms with Gasteiger partial charge in [0, 0.05) is 16.1 Å². The third-order valence-electron chi connectivity index (χ3n) is 3.68. The van der Waals surface area contributed by atoms with Crippen LogP contribution in [0.3, 0.4) is 0 Å². The molecule has 0 atom stereocenters. The highest BCUT2D eigenvalue weighted by molar-refractivity contribution is 9.10. The number of carbonyl (C=O) groups is 2. The Hall–Kier alpha value is -2.45. The summed E-state index contributed by atoms with van der Waals surface area (Å²) in [7, 11) is 0. The number of benzene rings is 2. The molecule has 0 unspecified atom stereocenters. The molecule has 0 fully saturated rings. The van der Waals surface area contributed by atoms with E-state index in [2.05, 4.69) is 26.2 Å². The van der Waals surface area contributed by atoms with Crippen LogP contribution in [0.2, 0.25) is 0 Å². The first-order chi connectivity index (χ1) is 13.0. The van der Waals surface area contributed by atoms with E-state index < -0.39 is 11.9 Å². The van der Waals surface area contributed by atoms with Gasteiger partial charge in [-0.3, -0.25) is 0 Å². The van der Waals surface area contributed by atoms with Crippen LogP contribution in [-0.2, 0) is 19.1 Å². The molecule has 0 aliphatic rings. The van der Waals surface area contributed by atoms with Crippen LogP contribution in [-0.4, -0.2) is 30.1 Å². The van der Waals surface area contributed by atoms with Gasteiger partial charge in [-0.1, -0.05) is 51.5 Å². The third-order valence-corrected chi connectivity index (χ3v) is 5.27. The van der Waals surface area contributed by atoms with Gasteiger partial charge >= 0.3 is 11.9 Å². The zero-order chi connectivity index (χ0) is 19.4. The summed E-state index contributed by atoms with van der Waals surface area (Å²) in [5, 5.41) is 5.57. The first kappa shape index (κ1) is 19.3. The van der Waals surface area contributed by atoms with Crippen LogP contribution in [0.15, 0.2) is 46.6 Å². The molecule has 0 aliphatic heterocycles. The number of aromatic nitrogens is 1. The van der Waals surface area contributed by atoms with Gasteiger partial charge in [0.15, 0.2) is 10.7 Å². The lowest BCUT2D eigenvalue weighted by Gasteiger charge is -2.06. The van der Waals surface area contributed by atoms with Crippen molar-refractivity contribution < 1.29 is 19.1 Å². The second-order valence-electron chi connectivity index (χ2n) is 5.41. The Labute approximate surface area is 168 Å². The molecule has 6 nitrogen and oxygen atoms in total. The van der Waals surface area contributed by atoms with Crippen molar-refractivity contribution in [3.05, 3.63) is 46.6 Å². The predicted molar refractivity (Wildman–Crippen MR) is 110 cm³/mol. The number of anilines is 1. The van der Waals surface area contributed by atoms with Gasteiger partial charge < -0.3 is 14.8 Å². The lowest BCUT2D eigenvalue weighted by atomic mass is 10.1. The lowest BCUT2D eigenvalue weighted by molar-refractivity contribution is -0.146. The SMILES string of the molecule is CCOC(=O)C(=CNc1nc2c(cc(Br)c3ccccc32)s1)C(=O)OCC. The standard InChI is InChI=1S/C19H17BrN2O4S/c1-3-25-17(23)13(18(24)26-4-2)10-21-19-22-16-12-8-6-5-7-11(12)14(20)9-15(16)27-19/h5-10H,3-4H2,1-2H3,(H,21,22). The topological polar surface area (TPSA) is 77.5 Å². The Bertz CT molecular complexity index is 1020. The maximum absolute atomic E-state index is 12.0. The summed E-state index contributed by atoms with van der Waals surface area (Å²) < 4.78 is 11.8. The van der Waals surface area contributed by atoms with Crippen molar-refractivity contribution in [1.29, 1.82) is 0 Å². The van der Waals surface area contributed by atoms with Crippen molar-refractivity contribution in [1.82, 2.24) is 4.98 Å². The van der Waals surface area contributed by atoms with Crippen LogP contribution in [0, 0.1) is 0 Å². The first-order valence-electron chi connectivity index (χ1n) is 8.33. The number of rotatable bonds is 6. The number of nitrogens with zero attached hydrogens (tertiary/aromatic N) is 1. The molecular weight excluding hydrogens is 432 g/mol. The highest BCUT2D eigenvalue weighted by Crippen LogP contribution is 2.36. The normalized spacial score (nSPS) is 10.6. The van der Waals surface area contributed by atoms with Gasteiger partial charge in [0.2, 0.25) is 0 Å². The minimum Gasteiger partial charge on any atom is -0.462 e. The van der Waals surface area contributed by atoms with E-state index in [4.69, 9.17) is 9.47 Å². The van der Waals surface area contributed by atoms with Crippen molar-refractivity contribution in [2.75, 3.05) is 18.5 Å². The number of thiazole rings is 1. The fourth-order valence-electron chi connectivity index (χ4n) is 2.53. The fourth-order valence-corrected chi connectivity index (χ4v) is 4.15. The van der Waals surface area contributed by atoms with E-state index in [9.17, 15) is 9.59 Å². The number of nitrogens with one attached hydrogen (secondary N) is 1. The van der Waals surface area contributed by atoms with Gasteiger partial charge in [0.25, 0.3) is 0 Å². The summed E-state index contributed by atoms with van der Waals surface area (Å²) in [6, 6.07) is 9.95. The van der Waals surface area contributed by atoms with Gasteiger partial charge in [0.1, 0.15) is 0 Å². The Morgan fingerprint density at radius 2 is 1.78 bits per heavy atom. The molecule has 0 spiro atoms. The maximum atomic E-state index is 12.0. The number of esters is 2. The van der Waals surface area contributed by atoms with E-state index in [0.29, 0.717) is 5.13 Å². The lowest BCUT2D eigenvalue weighted by Crippen LogP contribution is -2.19. The summed E-state index contributed by atoms with van der Waals surface area (Å²) >= 11 is 5.00. The van der Waals surface area contributed by atoms with Gasteiger partial charge in [-0.15, -0.1) is 0 Å². The van der Waals surface area contributed by atoms with E-state index in [-0.39, 0.29) is 18.8 Å². The molecule has 0 saturated carbocycles. The summed E-state index contributed by atoms with van der Waals surface area (Å²) in [4.78, 5) is 28.6. The summed E-state index contributed by atoms with van der Waals surface area (Å²) in [5.41, 5.74) is 0.646. The largest absolute Gasteiger partial charge is 0.462 e. The van der Waals surface area contributed by atoms with E-state index >= 15 is 0 Å². The molecule has 0 bridgehead atoms. The minimum absolute atomic E-state index is 0.163. The van der Waals surface area contributed by atoms with E-state index in [1.54, 1.807) is 13.8 Å². The van der Waals surface area contributed by atoms with Crippen molar-refractivity contribution in [3.8, 4) is 0 Å². The Morgan fingerprint density at radius 1 is 1.15 bits per heavy atom. The van der Waals surface area contributed by atoms with E-state index in [1.165, 1.54) is 17.5 Å². The third kappa shape index (κ3) is 4.12. The van der Waals surface area contributed by atoms with Gasteiger partial charge in [-0.2, -0.15) is 0 Å². The zero-order valence-corrected chi connectivity index (χ0v) is 17.1. The number of hydrogen-bond donors (Lipinski definition) is 1. The van der Waals surface area contributed by atoms with Gasteiger partial charge in [-0.05, 0) is 25.3 Å². The Balaban J connectivity index is 1.97. The molecule has 140 valence electrons. The van der Waals surface area contributed by atoms with Crippen molar-refractivity contribution >= 4 is 65.3 Å². The molecule has 0 amide bonds. The van der Waals surface area contributed by atoms with E-state index in [0.717, 1.165) is 25.5 Å². The monoisotopic (exact) mass is 448 g/mol. The molecular formula is C19H17BrN2O4S. The Morgan fingerprint density at radius 3 is 2.41 bits per heavy atom. The molecule has 1 heterocycles. The van der Waals surface area contributed by atoms with Crippen LogP contribution < -0.4 is 5.32 Å². The highest BCUT2D eigenvalue weighted by atomic mass is 79.9. The molecule has 3 aromatic rings. The van der Waals surface area contributed by atoms with Crippen LogP contribution in [0.5, 0.6) is 0 Å². The molecule has 0 aliphatic carbocycles. The average Bonchev–Trinajstić information content (AvgIpc) is 3.05. The van der Waals surface area contributed by atoms with Crippen LogP contribution in [0.1, 0.15) is 13.8 Å². The molecule has 2 aromatic carbocycles. The number of carbonyl (C=O) groups excluding carboxylic acids is 2. The smallest absolute Gasteiger partial charge is 0.347 e. The maximum Gasteiger partial charge on any atom is 0.347 e. The molecule has 0 saturated heterocycles. The molecule has 3 rings (SSSR count). The number of ether oxygens (including phenoxy) is 2. The molecule has 0 radical (unpaired) electrons. The number of fused-ring (bicyclic) bond motifs is 3. The van der Waals surface area contributed by atoms with E-state index in [1.807, 2.05) is 30.3 Å². The molecule has 1 aromatic heterocycles. The molecule has 8 heteroatoms. The van der Waals surface area contributed by atoms with Gasteiger partial charge in [-0.25, -0.2) is 14.6 Å². The predicted octanol–water partition coefficient (Wildman–Crippen LogP) is 4.63. The second kappa shape index (κ2) is 8.49. The number of hydrogen-bond acceptors (Lipinski definition) is 7. The fraction of sp³-hybridized carbons (Fsp3) is 0.211. The summed E-state index contributed by atoms with van der Waals surface area (Å²) in [6.07, 6.45) is 1.28. The van der Waals surface area contributed by atoms with Crippen LogP contribution >= 0.6 is 27.3 Å². The van der Waals surface area contributed by atoms with Gasteiger partial charge in [0.05, 0.1) is 23.4 Å². The van der Waals surface area contributed by atoms with Crippen molar-refractivity contribution in [2.45, 2.75) is 13.8 Å². The van der Waals surface area contributed by atoms with Crippen molar-refractivity contribution in [3.63, 3.8) is 0 Å². The van der Waals surface area contributed by atoms with Crippen molar-refractivity contribution in [2.24, 2.45) is 0 Å². The summed E-state index contributed by atoms with van der Waals surface area (Å²) in [6.45, 7) is 3.67. The molecule has 27 heavy (non-hydrogen) atoms. The van der Waals surface area contributed by atoms with Crippen LogP contribution in [0.4, 0.5) is 5.13 Å². The highest BCUT2D eigenvalue weighted by Gasteiger charge is 2.21. The Kier molecular flexibility index (Phi) is 6.08. The molecule has 1 N–H and O–H groups in total. The second-order valence-corrected chi connectivity index (χ2v) is 7.30. The number of halogens is 1. The first-order valence-corrected chi connectivity index (χ1v) is 9.94. The minimum atomic E-state index is -0.738. The summed E-state index contributed by atoms with van der Waals surface area (Å²) in [5.74, 6) is -1.48. The quantitative estimate of drug-likeness (QED) is 0.256. The zero-order valence-electron chi connectivity index (χ0n) is 14.7.